The number of methoxy groups -OCH3 is 1. The maximum absolute atomic E-state index is 5.97. The van der Waals surface area contributed by atoms with Gasteiger partial charge in [0.1, 0.15) is 11.6 Å². The van der Waals surface area contributed by atoms with Crippen molar-refractivity contribution >= 4 is 34.8 Å². The molecule has 1 aromatic heterocycles. The van der Waals surface area contributed by atoms with Crippen LogP contribution in [0.5, 0.6) is 5.75 Å². The fourth-order valence-corrected chi connectivity index (χ4v) is 3.26. The average molecular weight is 375 g/mol. The molecule has 134 valence electrons. The summed E-state index contributed by atoms with van der Waals surface area (Å²) >= 11 is 5.97. The summed E-state index contributed by atoms with van der Waals surface area (Å²) in [5.41, 5.74) is 4.27. The van der Waals surface area contributed by atoms with Gasteiger partial charge in [0, 0.05) is 10.6 Å². The Hall–Kier alpha value is -3.04. The molecule has 0 saturated carbocycles. The lowest BCUT2D eigenvalue weighted by Crippen LogP contribution is -2.03. The van der Waals surface area contributed by atoms with Crippen molar-refractivity contribution < 1.29 is 4.74 Å². The first-order chi connectivity index (χ1) is 13.2. The number of para-hydroxylation sites is 3. The van der Waals surface area contributed by atoms with E-state index in [9.17, 15) is 0 Å². The van der Waals surface area contributed by atoms with Gasteiger partial charge in [-0.25, -0.2) is 4.98 Å². The topological polar surface area (TPSA) is 27.1 Å². The Kier molecular flexibility index (Phi) is 4.95. The molecule has 0 aliphatic rings. The number of hydrogen-bond donors (Lipinski definition) is 0. The van der Waals surface area contributed by atoms with E-state index in [1.165, 1.54) is 0 Å². The molecule has 4 rings (SSSR count). The molecule has 0 amide bonds. The van der Waals surface area contributed by atoms with Crippen molar-refractivity contribution in [2.45, 2.75) is 6.54 Å². The summed E-state index contributed by atoms with van der Waals surface area (Å²) in [7, 11) is 1.70. The molecule has 0 radical (unpaired) electrons. The largest absolute Gasteiger partial charge is 0.496 e. The summed E-state index contributed by atoms with van der Waals surface area (Å²) in [5, 5.41) is 0.732. The molecular weight excluding hydrogens is 356 g/mol. The molecule has 1 heterocycles. The molecule has 4 heteroatoms. The van der Waals surface area contributed by atoms with Gasteiger partial charge in [-0.15, -0.1) is 0 Å². The normalized spacial score (nSPS) is 11.3. The van der Waals surface area contributed by atoms with Crippen LogP contribution in [0.3, 0.4) is 0 Å². The highest BCUT2D eigenvalue weighted by Gasteiger charge is 2.11. The molecule has 0 atom stereocenters. The quantitative estimate of drug-likeness (QED) is 0.433. The fourth-order valence-electron chi connectivity index (χ4n) is 3.14. The van der Waals surface area contributed by atoms with E-state index in [1.807, 2.05) is 66.7 Å². The summed E-state index contributed by atoms with van der Waals surface area (Å²) in [5.74, 6) is 1.78. The number of imidazole rings is 1. The predicted octanol–water partition coefficient (Wildman–Crippen LogP) is 5.92. The van der Waals surface area contributed by atoms with Crippen LogP contribution in [0.2, 0.25) is 5.02 Å². The molecular formula is C23H19ClN2O. The third-order valence-corrected chi connectivity index (χ3v) is 4.75. The van der Waals surface area contributed by atoms with Gasteiger partial charge >= 0.3 is 0 Å². The second-order valence-corrected chi connectivity index (χ2v) is 6.68. The zero-order chi connectivity index (χ0) is 18.6. The molecule has 0 aliphatic heterocycles. The van der Waals surface area contributed by atoms with Crippen molar-refractivity contribution in [3.05, 3.63) is 94.8 Å². The Morgan fingerprint density at radius 2 is 1.67 bits per heavy atom. The zero-order valence-electron chi connectivity index (χ0n) is 15.0. The number of fused-ring (bicyclic) bond motifs is 1. The maximum Gasteiger partial charge on any atom is 0.134 e. The van der Waals surface area contributed by atoms with Crippen molar-refractivity contribution in [2.75, 3.05) is 7.11 Å². The molecule has 0 unspecified atom stereocenters. The van der Waals surface area contributed by atoms with Crippen LogP contribution in [0.25, 0.3) is 23.2 Å². The summed E-state index contributed by atoms with van der Waals surface area (Å²) in [6.07, 6.45) is 4.09. The standard InChI is InChI=1S/C23H19ClN2O/c1-27-22-9-5-2-6-18(22)16-26-21-8-4-3-7-20(21)25-23(26)15-12-17-10-13-19(24)14-11-17/h2-15H,16H2,1H3/b15-12+. The van der Waals surface area contributed by atoms with E-state index in [-0.39, 0.29) is 0 Å². The monoisotopic (exact) mass is 374 g/mol. The van der Waals surface area contributed by atoms with E-state index in [0.29, 0.717) is 6.54 Å². The van der Waals surface area contributed by atoms with Gasteiger partial charge < -0.3 is 9.30 Å². The van der Waals surface area contributed by atoms with E-state index >= 15 is 0 Å². The first-order valence-corrected chi connectivity index (χ1v) is 9.13. The van der Waals surface area contributed by atoms with Gasteiger partial charge in [-0.05, 0) is 42.0 Å². The van der Waals surface area contributed by atoms with E-state index < -0.39 is 0 Å². The zero-order valence-corrected chi connectivity index (χ0v) is 15.7. The maximum atomic E-state index is 5.97. The highest BCUT2D eigenvalue weighted by Crippen LogP contribution is 2.24. The van der Waals surface area contributed by atoms with E-state index in [1.54, 1.807) is 7.11 Å². The summed E-state index contributed by atoms with van der Waals surface area (Å²) in [6, 6.07) is 24.0. The molecule has 0 saturated heterocycles. The molecule has 4 aromatic rings. The average Bonchev–Trinajstić information content (AvgIpc) is 3.05. The Labute approximate surface area is 163 Å². The van der Waals surface area contributed by atoms with Crippen LogP contribution >= 0.6 is 11.6 Å². The van der Waals surface area contributed by atoms with Gasteiger partial charge in [0.2, 0.25) is 0 Å². The van der Waals surface area contributed by atoms with E-state index in [4.69, 9.17) is 21.3 Å². The highest BCUT2D eigenvalue weighted by molar-refractivity contribution is 6.30. The number of rotatable bonds is 5. The van der Waals surface area contributed by atoms with Crippen LogP contribution in [0.1, 0.15) is 17.0 Å². The Bertz CT molecular complexity index is 1100. The van der Waals surface area contributed by atoms with E-state index in [2.05, 4.69) is 22.8 Å². The van der Waals surface area contributed by atoms with Gasteiger partial charge in [0.25, 0.3) is 0 Å². The van der Waals surface area contributed by atoms with Crippen molar-refractivity contribution in [1.82, 2.24) is 9.55 Å². The smallest absolute Gasteiger partial charge is 0.134 e. The summed E-state index contributed by atoms with van der Waals surface area (Å²) < 4.78 is 7.73. The molecule has 3 nitrogen and oxygen atoms in total. The van der Waals surface area contributed by atoms with Gasteiger partial charge in [-0.3, -0.25) is 0 Å². The number of aromatic nitrogens is 2. The number of halogens is 1. The van der Waals surface area contributed by atoms with Crippen molar-refractivity contribution in [1.29, 1.82) is 0 Å². The van der Waals surface area contributed by atoms with Gasteiger partial charge in [-0.2, -0.15) is 0 Å². The number of hydrogen-bond acceptors (Lipinski definition) is 2. The molecule has 0 aliphatic carbocycles. The number of ether oxygens (including phenoxy) is 1. The number of nitrogens with zero attached hydrogens (tertiary/aromatic N) is 2. The first kappa shape index (κ1) is 17.4. The molecule has 0 spiro atoms. The molecule has 0 bridgehead atoms. The summed E-state index contributed by atoms with van der Waals surface area (Å²) in [4.78, 5) is 4.81. The van der Waals surface area contributed by atoms with Gasteiger partial charge in [0.15, 0.2) is 0 Å². The minimum Gasteiger partial charge on any atom is -0.496 e. The van der Waals surface area contributed by atoms with Gasteiger partial charge in [0.05, 0.1) is 24.7 Å². The van der Waals surface area contributed by atoms with Crippen LogP contribution in [-0.2, 0) is 6.54 Å². The van der Waals surface area contributed by atoms with Crippen LogP contribution in [-0.4, -0.2) is 16.7 Å². The lowest BCUT2D eigenvalue weighted by molar-refractivity contribution is 0.408. The van der Waals surface area contributed by atoms with Crippen molar-refractivity contribution in [3.8, 4) is 5.75 Å². The van der Waals surface area contributed by atoms with Crippen LogP contribution in [0.4, 0.5) is 0 Å². The second kappa shape index (κ2) is 7.68. The lowest BCUT2D eigenvalue weighted by atomic mass is 10.2. The van der Waals surface area contributed by atoms with E-state index in [0.717, 1.165) is 38.8 Å². The fraction of sp³-hybridized carbons (Fsp3) is 0.0870. The minimum atomic E-state index is 0.685. The third kappa shape index (κ3) is 3.74. The lowest BCUT2D eigenvalue weighted by Gasteiger charge is -2.11. The Morgan fingerprint density at radius 3 is 2.48 bits per heavy atom. The van der Waals surface area contributed by atoms with Crippen LogP contribution < -0.4 is 4.74 Å². The highest BCUT2D eigenvalue weighted by atomic mass is 35.5. The molecule has 0 N–H and O–H groups in total. The third-order valence-electron chi connectivity index (χ3n) is 4.50. The number of benzene rings is 3. The first-order valence-electron chi connectivity index (χ1n) is 8.75. The van der Waals surface area contributed by atoms with Crippen molar-refractivity contribution in [2.24, 2.45) is 0 Å². The Morgan fingerprint density at radius 1 is 0.926 bits per heavy atom. The molecule has 0 fully saturated rings. The van der Waals surface area contributed by atoms with Gasteiger partial charge in [-0.1, -0.05) is 60.1 Å². The molecule has 27 heavy (non-hydrogen) atoms. The second-order valence-electron chi connectivity index (χ2n) is 6.24. The summed E-state index contributed by atoms with van der Waals surface area (Å²) in [6.45, 7) is 0.685. The Balaban J connectivity index is 1.76. The van der Waals surface area contributed by atoms with Crippen LogP contribution in [0, 0.1) is 0 Å². The minimum absolute atomic E-state index is 0.685. The SMILES string of the molecule is COc1ccccc1Cn1c(/C=C/c2ccc(Cl)cc2)nc2ccccc21. The van der Waals surface area contributed by atoms with Crippen molar-refractivity contribution in [3.63, 3.8) is 0 Å². The van der Waals surface area contributed by atoms with Crippen LogP contribution in [0.15, 0.2) is 72.8 Å². The predicted molar refractivity (Wildman–Crippen MR) is 112 cm³/mol. The molecule has 3 aromatic carbocycles.